The lowest BCUT2D eigenvalue weighted by Crippen LogP contribution is -2.41. The van der Waals surface area contributed by atoms with Gasteiger partial charge in [-0.05, 0) is 39.4 Å². The van der Waals surface area contributed by atoms with Crippen molar-refractivity contribution in [3.05, 3.63) is 35.4 Å². The van der Waals surface area contributed by atoms with Crippen LogP contribution in [0.4, 0.5) is 0 Å². The predicted molar refractivity (Wildman–Crippen MR) is 84.2 cm³/mol. The number of aryl methyl sites for hydroxylation is 2. The molecule has 1 fully saturated rings. The van der Waals surface area contributed by atoms with Gasteiger partial charge in [0.05, 0.1) is 6.10 Å². The minimum absolute atomic E-state index is 0.139. The minimum Gasteiger partial charge on any atom is -0.391 e. The number of β-amino-alcohol motifs (C(OH)–C–C–N with tert-alkyl or cyclic N) is 1. The minimum atomic E-state index is -0.377. The molecule has 0 aliphatic carbocycles. The van der Waals surface area contributed by atoms with Crippen LogP contribution >= 0.6 is 0 Å². The third-order valence-corrected chi connectivity index (χ3v) is 4.04. The van der Waals surface area contributed by atoms with Gasteiger partial charge in [-0.3, -0.25) is 4.79 Å². The standard InChI is InChI=1S/C17H26N2O2/c1-13-4-6-14(7-5-13)8-9-17(21)19-12-16(20)10-15(19)11-18(2)3/h4-7,15-16,20H,8-12H2,1-3H3. The summed E-state index contributed by atoms with van der Waals surface area (Å²) in [6, 6.07) is 8.46. The van der Waals surface area contributed by atoms with E-state index in [1.165, 1.54) is 11.1 Å². The Labute approximate surface area is 127 Å². The van der Waals surface area contributed by atoms with Gasteiger partial charge in [0.15, 0.2) is 0 Å². The van der Waals surface area contributed by atoms with Crippen molar-refractivity contribution in [3.8, 4) is 0 Å². The van der Waals surface area contributed by atoms with E-state index in [0.29, 0.717) is 19.4 Å². The van der Waals surface area contributed by atoms with E-state index in [-0.39, 0.29) is 18.1 Å². The van der Waals surface area contributed by atoms with Gasteiger partial charge in [0.1, 0.15) is 0 Å². The number of nitrogens with zero attached hydrogens (tertiary/aromatic N) is 2. The van der Waals surface area contributed by atoms with Crippen molar-refractivity contribution >= 4 is 5.91 Å². The summed E-state index contributed by atoms with van der Waals surface area (Å²) in [6.45, 7) is 3.35. The van der Waals surface area contributed by atoms with Gasteiger partial charge in [-0.1, -0.05) is 29.8 Å². The summed E-state index contributed by atoms with van der Waals surface area (Å²) in [5, 5.41) is 9.84. The van der Waals surface area contributed by atoms with Crippen molar-refractivity contribution in [2.24, 2.45) is 0 Å². The highest BCUT2D eigenvalue weighted by molar-refractivity contribution is 5.77. The molecule has 0 radical (unpaired) electrons. The number of benzene rings is 1. The van der Waals surface area contributed by atoms with Crippen LogP contribution in [0.5, 0.6) is 0 Å². The number of likely N-dealkylation sites (N-methyl/N-ethyl adjacent to an activating group) is 1. The van der Waals surface area contributed by atoms with E-state index in [2.05, 4.69) is 36.1 Å². The number of rotatable bonds is 5. The Bertz CT molecular complexity index is 470. The molecule has 4 heteroatoms. The van der Waals surface area contributed by atoms with Gasteiger partial charge in [-0.25, -0.2) is 0 Å². The first-order valence-electron chi connectivity index (χ1n) is 7.63. The fraction of sp³-hybridized carbons (Fsp3) is 0.588. The number of amides is 1. The maximum Gasteiger partial charge on any atom is 0.223 e. The lowest BCUT2D eigenvalue weighted by atomic mass is 10.1. The van der Waals surface area contributed by atoms with E-state index in [4.69, 9.17) is 0 Å². The summed E-state index contributed by atoms with van der Waals surface area (Å²) < 4.78 is 0. The van der Waals surface area contributed by atoms with E-state index in [1.54, 1.807) is 0 Å². The molecule has 116 valence electrons. The Hall–Kier alpha value is -1.39. The molecule has 2 unspecified atom stereocenters. The number of hydrogen-bond donors (Lipinski definition) is 1. The van der Waals surface area contributed by atoms with E-state index in [1.807, 2.05) is 19.0 Å². The van der Waals surface area contributed by atoms with Crippen LogP contribution in [-0.4, -0.2) is 60.1 Å². The lowest BCUT2D eigenvalue weighted by molar-refractivity contribution is -0.132. The van der Waals surface area contributed by atoms with Crippen LogP contribution in [0.25, 0.3) is 0 Å². The first-order valence-corrected chi connectivity index (χ1v) is 7.63. The largest absolute Gasteiger partial charge is 0.391 e. The maximum atomic E-state index is 12.4. The molecule has 2 atom stereocenters. The molecule has 1 amide bonds. The summed E-state index contributed by atoms with van der Waals surface area (Å²) >= 11 is 0. The van der Waals surface area contributed by atoms with Gasteiger partial charge in [-0.2, -0.15) is 0 Å². The number of carbonyl (C=O) groups is 1. The van der Waals surface area contributed by atoms with Crippen molar-refractivity contribution in [1.82, 2.24) is 9.80 Å². The molecule has 0 spiro atoms. The Morgan fingerprint density at radius 3 is 2.62 bits per heavy atom. The molecule has 1 saturated heterocycles. The first kappa shape index (κ1) is 16.0. The summed E-state index contributed by atoms with van der Waals surface area (Å²) in [5.41, 5.74) is 2.43. The van der Waals surface area contributed by atoms with Crippen LogP contribution in [0.3, 0.4) is 0 Å². The lowest BCUT2D eigenvalue weighted by Gasteiger charge is -2.27. The second kappa shape index (κ2) is 7.05. The molecule has 0 bridgehead atoms. The first-order chi connectivity index (χ1) is 9.95. The fourth-order valence-electron chi connectivity index (χ4n) is 2.94. The van der Waals surface area contributed by atoms with E-state index in [0.717, 1.165) is 13.0 Å². The van der Waals surface area contributed by atoms with Crippen LogP contribution in [0, 0.1) is 6.92 Å². The topological polar surface area (TPSA) is 43.8 Å². The molecule has 21 heavy (non-hydrogen) atoms. The highest BCUT2D eigenvalue weighted by Crippen LogP contribution is 2.20. The molecule has 4 nitrogen and oxygen atoms in total. The average molecular weight is 290 g/mol. The van der Waals surface area contributed by atoms with Crippen molar-refractivity contribution in [2.75, 3.05) is 27.2 Å². The second-order valence-corrected chi connectivity index (χ2v) is 6.34. The number of carbonyl (C=O) groups excluding carboxylic acids is 1. The zero-order valence-electron chi connectivity index (χ0n) is 13.2. The normalized spacial score (nSPS) is 22.0. The summed E-state index contributed by atoms with van der Waals surface area (Å²) in [6.07, 6.45) is 1.59. The molecule has 0 saturated carbocycles. The molecule has 1 aromatic carbocycles. The Morgan fingerprint density at radius 2 is 2.00 bits per heavy atom. The third kappa shape index (κ3) is 4.55. The number of aliphatic hydroxyl groups excluding tert-OH is 1. The molecule has 1 aliphatic heterocycles. The molecule has 1 aliphatic rings. The fourth-order valence-corrected chi connectivity index (χ4v) is 2.94. The van der Waals surface area contributed by atoms with Gasteiger partial charge >= 0.3 is 0 Å². The van der Waals surface area contributed by atoms with Crippen LogP contribution in [0.15, 0.2) is 24.3 Å². The Balaban J connectivity index is 1.90. The highest BCUT2D eigenvalue weighted by atomic mass is 16.3. The molecule has 1 N–H and O–H groups in total. The maximum absolute atomic E-state index is 12.4. The van der Waals surface area contributed by atoms with Gasteiger partial charge < -0.3 is 14.9 Å². The second-order valence-electron chi connectivity index (χ2n) is 6.34. The van der Waals surface area contributed by atoms with E-state index < -0.39 is 0 Å². The molecule has 0 aromatic heterocycles. The molecular formula is C17H26N2O2. The van der Waals surface area contributed by atoms with Crippen LogP contribution in [0.2, 0.25) is 0 Å². The third-order valence-electron chi connectivity index (χ3n) is 4.04. The quantitative estimate of drug-likeness (QED) is 0.892. The number of hydrogen-bond acceptors (Lipinski definition) is 3. The smallest absolute Gasteiger partial charge is 0.223 e. The molecule has 1 heterocycles. The zero-order valence-corrected chi connectivity index (χ0v) is 13.2. The van der Waals surface area contributed by atoms with Crippen molar-refractivity contribution in [2.45, 2.75) is 38.3 Å². The van der Waals surface area contributed by atoms with E-state index in [9.17, 15) is 9.90 Å². The SMILES string of the molecule is Cc1ccc(CCC(=O)N2CC(O)CC2CN(C)C)cc1. The molecule has 2 rings (SSSR count). The van der Waals surface area contributed by atoms with Crippen molar-refractivity contribution in [3.63, 3.8) is 0 Å². The van der Waals surface area contributed by atoms with E-state index >= 15 is 0 Å². The summed E-state index contributed by atoms with van der Waals surface area (Å²) in [7, 11) is 4.00. The Morgan fingerprint density at radius 1 is 1.33 bits per heavy atom. The summed E-state index contributed by atoms with van der Waals surface area (Å²) in [4.78, 5) is 16.4. The van der Waals surface area contributed by atoms with Gasteiger partial charge in [0, 0.05) is 25.6 Å². The van der Waals surface area contributed by atoms with Crippen LogP contribution < -0.4 is 0 Å². The zero-order chi connectivity index (χ0) is 15.4. The number of likely N-dealkylation sites (tertiary alicyclic amines) is 1. The van der Waals surface area contributed by atoms with Crippen molar-refractivity contribution < 1.29 is 9.90 Å². The number of aliphatic hydroxyl groups is 1. The molecular weight excluding hydrogens is 264 g/mol. The van der Waals surface area contributed by atoms with Gasteiger partial charge in [-0.15, -0.1) is 0 Å². The highest BCUT2D eigenvalue weighted by Gasteiger charge is 2.33. The predicted octanol–water partition coefficient (Wildman–Crippen LogP) is 1.45. The molecule has 1 aromatic rings. The van der Waals surface area contributed by atoms with Gasteiger partial charge in [0.25, 0.3) is 0 Å². The van der Waals surface area contributed by atoms with Gasteiger partial charge in [0.2, 0.25) is 5.91 Å². The average Bonchev–Trinajstić information content (AvgIpc) is 2.78. The van der Waals surface area contributed by atoms with Crippen molar-refractivity contribution in [1.29, 1.82) is 0 Å². The van der Waals surface area contributed by atoms with Crippen LogP contribution in [-0.2, 0) is 11.2 Å². The van der Waals surface area contributed by atoms with Crippen LogP contribution in [0.1, 0.15) is 24.0 Å². The monoisotopic (exact) mass is 290 g/mol. The summed E-state index contributed by atoms with van der Waals surface area (Å²) in [5.74, 6) is 0.152. The Kier molecular flexibility index (Phi) is 5.37.